The first-order chi connectivity index (χ1) is 8.75. The minimum Gasteiger partial charge on any atom is -0.478 e. The molecule has 0 saturated heterocycles. The summed E-state index contributed by atoms with van der Waals surface area (Å²) >= 11 is 0. The Balaban J connectivity index is 3.51. The maximum atomic E-state index is 12.5. The molecule has 1 aromatic rings. The summed E-state index contributed by atoms with van der Waals surface area (Å²) < 4.78 is 25.0. The lowest BCUT2D eigenvalue weighted by molar-refractivity contribution is 0.0696. The van der Waals surface area contributed by atoms with Gasteiger partial charge in [-0.25, -0.2) is 13.2 Å². The molecule has 0 aliphatic heterocycles. The molecule has 1 rings (SSSR count). The normalized spacial score (nSPS) is 11.8. The first-order valence-electron chi connectivity index (χ1n) is 6.34. The largest absolute Gasteiger partial charge is 0.478 e. The monoisotopic (exact) mass is 284 g/mol. The van der Waals surface area contributed by atoms with Crippen LogP contribution in [0.1, 0.15) is 48.2 Å². The Hall–Kier alpha value is -1.36. The van der Waals surface area contributed by atoms with Crippen molar-refractivity contribution in [1.29, 1.82) is 0 Å². The third-order valence-corrected chi connectivity index (χ3v) is 6.01. The molecule has 0 amide bonds. The van der Waals surface area contributed by atoms with Crippen molar-refractivity contribution < 1.29 is 18.3 Å². The summed E-state index contributed by atoms with van der Waals surface area (Å²) in [5.41, 5.74) is 1.23. The van der Waals surface area contributed by atoms with E-state index in [1.807, 2.05) is 13.8 Å². The highest BCUT2D eigenvalue weighted by atomic mass is 32.2. The molecular formula is C14H20O4S. The number of benzene rings is 1. The Labute approximate surface area is 114 Å². The van der Waals surface area contributed by atoms with E-state index in [1.165, 1.54) is 6.07 Å². The van der Waals surface area contributed by atoms with E-state index in [4.69, 9.17) is 5.11 Å². The highest BCUT2D eigenvalue weighted by molar-refractivity contribution is 7.92. The Morgan fingerprint density at radius 3 is 2.11 bits per heavy atom. The van der Waals surface area contributed by atoms with Crippen LogP contribution in [0.2, 0.25) is 0 Å². The van der Waals surface area contributed by atoms with Crippen molar-refractivity contribution in [3.63, 3.8) is 0 Å². The fraction of sp³-hybridized carbons (Fsp3) is 0.500. The SMILES string of the molecule is CCC(CC)S(=O)(=O)c1cc(C(=O)O)c(C)cc1C. The predicted molar refractivity (Wildman–Crippen MR) is 74.4 cm³/mol. The van der Waals surface area contributed by atoms with Crippen molar-refractivity contribution in [2.45, 2.75) is 50.7 Å². The molecule has 5 heteroatoms. The molecule has 1 N–H and O–H groups in total. The molecule has 0 radical (unpaired) electrons. The van der Waals surface area contributed by atoms with Crippen LogP contribution in [0.5, 0.6) is 0 Å². The lowest BCUT2D eigenvalue weighted by atomic mass is 10.1. The van der Waals surface area contributed by atoms with Gasteiger partial charge >= 0.3 is 5.97 Å². The summed E-state index contributed by atoms with van der Waals surface area (Å²) in [6.07, 6.45) is 1.04. The van der Waals surface area contributed by atoms with Crippen LogP contribution >= 0.6 is 0 Å². The summed E-state index contributed by atoms with van der Waals surface area (Å²) in [5, 5.41) is 8.64. The molecule has 0 bridgehead atoms. The van der Waals surface area contributed by atoms with Gasteiger partial charge < -0.3 is 5.11 Å². The lowest BCUT2D eigenvalue weighted by Crippen LogP contribution is -2.21. The van der Waals surface area contributed by atoms with Gasteiger partial charge in [0.15, 0.2) is 9.84 Å². The molecule has 0 spiro atoms. The summed E-state index contributed by atoms with van der Waals surface area (Å²) in [6, 6.07) is 2.92. The van der Waals surface area contributed by atoms with Crippen LogP contribution in [0.15, 0.2) is 17.0 Å². The molecule has 0 aliphatic carbocycles. The average molecular weight is 284 g/mol. The first kappa shape index (κ1) is 15.7. The zero-order chi connectivity index (χ0) is 14.8. The second-order valence-corrected chi connectivity index (χ2v) is 6.92. The quantitative estimate of drug-likeness (QED) is 0.902. The second kappa shape index (κ2) is 5.74. The van der Waals surface area contributed by atoms with Crippen molar-refractivity contribution in [2.24, 2.45) is 0 Å². The number of sulfone groups is 1. The summed E-state index contributed by atoms with van der Waals surface area (Å²) in [4.78, 5) is 11.3. The summed E-state index contributed by atoms with van der Waals surface area (Å²) in [7, 11) is -3.47. The maximum Gasteiger partial charge on any atom is 0.335 e. The number of carboxylic acid groups (broad SMARTS) is 1. The molecule has 0 aliphatic rings. The molecule has 0 saturated carbocycles. The van der Waals surface area contributed by atoms with Gasteiger partial charge in [0, 0.05) is 0 Å². The zero-order valence-corrected chi connectivity index (χ0v) is 12.5. The van der Waals surface area contributed by atoms with E-state index in [9.17, 15) is 13.2 Å². The number of aromatic carboxylic acids is 1. The van der Waals surface area contributed by atoms with Crippen LogP contribution in [-0.2, 0) is 9.84 Å². The van der Waals surface area contributed by atoms with Crippen LogP contribution in [0.4, 0.5) is 0 Å². The van der Waals surface area contributed by atoms with E-state index in [0.29, 0.717) is 24.0 Å². The van der Waals surface area contributed by atoms with Crippen LogP contribution in [-0.4, -0.2) is 24.7 Å². The zero-order valence-electron chi connectivity index (χ0n) is 11.7. The highest BCUT2D eigenvalue weighted by Crippen LogP contribution is 2.26. The van der Waals surface area contributed by atoms with Gasteiger partial charge in [0.2, 0.25) is 0 Å². The fourth-order valence-corrected chi connectivity index (χ4v) is 4.30. The molecule has 0 unspecified atom stereocenters. The number of hydrogen-bond acceptors (Lipinski definition) is 3. The standard InChI is InChI=1S/C14H20O4S/c1-5-11(6-2)19(17,18)13-8-12(14(15)16)9(3)7-10(13)4/h7-8,11H,5-6H2,1-4H3,(H,15,16). The van der Waals surface area contributed by atoms with Crippen LogP contribution in [0.3, 0.4) is 0 Å². The number of carboxylic acids is 1. The van der Waals surface area contributed by atoms with Crippen LogP contribution < -0.4 is 0 Å². The Morgan fingerprint density at radius 2 is 1.68 bits per heavy atom. The van der Waals surface area contributed by atoms with Crippen LogP contribution in [0.25, 0.3) is 0 Å². The van der Waals surface area contributed by atoms with Gasteiger partial charge in [-0.3, -0.25) is 0 Å². The van der Waals surface area contributed by atoms with Crippen molar-refractivity contribution >= 4 is 15.8 Å². The van der Waals surface area contributed by atoms with Crippen molar-refractivity contribution in [2.75, 3.05) is 0 Å². The molecule has 0 fully saturated rings. The molecule has 19 heavy (non-hydrogen) atoms. The summed E-state index contributed by atoms with van der Waals surface area (Å²) in [5.74, 6) is -1.10. The maximum absolute atomic E-state index is 12.5. The number of rotatable bonds is 5. The van der Waals surface area contributed by atoms with E-state index in [1.54, 1.807) is 19.9 Å². The average Bonchev–Trinajstić information content (AvgIpc) is 2.29. The van der Waals surface area contributed by atoms with E-state index < -0.39 is 21.1 Å². The first-order valence-corrected chi connectivity index (χ1v) is 7.88. The van der Waals surface area contributed by atoms with Crippen molar-refractivity contribution in [1.82, 2.24) is 0 Å². The van der Waals surface area contributed by atoms with E-state index >= 15 is 0 Å². The van der Waals surface area contributed by atoms with Gasteiger partial charge in [-0.2, -0.15) is 0 Å². The topological polar surface area (TPSA) is 71.4 Å². The van der Waals surface area contributed by atoms with Gasteiger partial charge in [-0.05, 0) is 43.9 Å². The molecular weight excluding hydrogens is 264 g/mol. The van der Waals surface area contributed by atoms with Gasteiger partial charge in [0.1, 0.15) is 0 Å². The number of carbonyl (C=O) groups is 1. The molecule has 0 aromatic heterocycles. The van der Waals surface area contributed by atoms with E-state index in [0.717, 1.165) is 0 Å². The Kier molecular flexibility index (Phi) is 4.74. The van der Waals surface area contributed by atoms with Gasteiger partial charge in [0.25, 0.3) is 0 Å². The fourth-order valence-electron chi connectivity index (χ4n) is 2.28. The van der Waals surface area contributed by atoms with Gasteiger partial charge in [-0.15, -0.1) is 0 Å². The predicted octanol–water partition coefficient (Wildman–Crippen LogP) is 2.96. The van der Waals surface area contributed by atoms with Crippen molar-refractivity contribution in [3.8, 4) is 0 Å². The third-order valence-electron chi connectivity index (χ3n) is 3.41. The lowest BCUT2D eigenvalue weighted by Gasteiger charge is -2.17. The number of aryl methyl sites for hydroxylation is 2. The molecule has 4 nitrogen and oxygen atoms in total. The van der Waals surface area contributed by atoms with Crippen LogP contribution in [0, 0.1) is 13.8 Å². The Bertz CT molecular complexity index is 584. The third kappa shape index (κ3) is 2.97. The highest BCUT2D eigenvalue weighted by Gasteiger charge is 2.27. The van der Waals surface area contributed by atoms with Gasteiger partial charge in [0.05, 0.1) is 15.7 Å². The molecule has 1 aromatic carbocycles. The smallest absolute Gasteiger partial charge is 0.335 e. The molecule has 0 heterocycles. The van der Waals surface area contributed by atoms with E-state index in [-0.39, 0.29) is 10.5 Å². The molecule has 0 atom stereocenters. The van der Waals surface area contributed by atoms with E-state index in [2.05, 4.69) is 0 Å². The minimum absolute atomic E-state index is 0.0510. The summed E-state index contributed by atoms with van der Waals surface area (Å²) in [6.45, 7) is 7.03. The Morgan fingerprint density at radius 1 is 1.16 bits per heavy atom. The number of hydrogen-bond donors (Lipinski definition) is 1. The minimum atomic E-state index is -3.47. The van der Waals surface area contributed by atoms with Crippen molar-refractivity contribution in [3.05, 3.63) is 28.8 Å². The van der Waals surface area contributed by atoms with Gasteiger partial charge in [-0.1, -0.05) is 19.9 Å². The molecule has 106 valence electrons. The second-order valence-electron chi connectivity index (χ2n) is 4.72.